The number of amides is 1. The Morgan fingerprint density at radius 1 is 1.17 bits per heavy atom. The zero-order chi connectivity index (χ0) is 26.5. The number of ketones is 1. The third-order valence-corrected chi connectivity index (χ3v) is 6.91. The fourth-order valence-corrected chi connectivity index (χ4v) is 3.90. The highest BCUT2D eigenvalue weighted by molar-refractivity contribution is 5.85. The van der Waals surface area contributed by atoms with E-state index in [9.17, 15) is 14.4 Å². The number of nitrogens with one attached hydrogen (secondary N) is 2. The van der Waals surface area contributed by atoms with Crippen molar-refractivity contribution in [1.29, 1.82) is 0 Å². The number of carbonyl (C=O) groups is 2. The largest absolute Gasteiger partial charge is 0.438 e. The van der Waals surface area contributed by atoms with E-state index in [1.165, 1.54) is 6.20 Å². The molecule has 8 nitrogen and oxygen atoms in total. The van der Waals surface area contributed by atoms with Crippen LogP contribution in [-0.4, -0.2) is 46.2 Å². The molecule has 36 heavy (non-hydrogen) atoms. The van der Waals surface area contributed by atoms with Crippen molar-refractivity contribution in [3.63, 3.8) is 0 Å². The molecule has 3 rings (SSSR count). The molecule has 0 fully saturated rings. The molecule has 2 aromatic heterocycles. The number of aromatic amines is 1. The Kier molecular flexibility index (Phi) is 8.84. The first-order valence-corrected chi connectivity index (χ1v) is 12.6. The number of rotatable bonds is 12. The van der Waals surface area contributed by atoms with E-state index >= 15 is 0 Å². The molecule has 3 aromatic rings. The van der Waals surface area contributed by atoms with Crippen LogP contribution in [0.4, 0.5) is 0 Å². The summed E-state index contributed by atoms with van der Waals surface area (Å²) < 4.78 is 6.06. The van der Waals surface area contributed by atoms with Crippen LogP contribution >= 0.6 is 0 Å². The Morgan fingerprint density at radius 3 is 2.61 bits per heavy atom. The summed E-state index contributed by atoms with van der Waals surface area (Å²) in [5.74, 6) is 0.841. The predicted molar refractivity (Wildman–Crippen MR) is 142 cm³/mol. The summed E-state index contributed by atoms with van der Waals surface area (Å²) in [7, 11) is 3.71. The average Bonchev–Trinajstić information content (AvgIpc) is 3.32. The van der Waals surface area contributed by atoms with Gasteiger partial charge in [-0.1, -0.05) is 31.4 Å². The maximum absolute atomic E-state index is 13.1. The number of aryl methyl sites for hydroxylation is 1. The van der Waals surface area contributed by atoms with Gasteiger partial charge in [-0.05, 0) is 71.3 Å². The number of fused-ring (bicyclic) bond motifs is 1. The number of aromatic nitrogens is 2. The summed E-state index contributed by atoms with van der Waals surface area (Å²) in [6, 6.07) is 7.19. The molecule has 1 atom stereocenters. The molecule has 0 saturated carbocycles. The second-order valence-electron chi connectivity index (χ2n) is 10.1. The Balaban J connectivity index is 1.84. The molecule has 1 amide bonds. The van der Waals surface area contributed by atoms with Crippen LogP contribution in [0.25, 0.3) is 22.2 Å². The van der Waals surface area contributed by atoms with E-state index in [0.717, 1.165) is 35.7 Å². The topological polar surface area (TPSA) is 108 Å². The molecule has 2 N–H and O–H groups in total. The summed E-state index contributed by atoms with van der Waals surface area (Å²) in [6.07, 6.45) is 5.78. The Hall–Kier alpha value is -3.26. The second kappa shape index (κ2) is 11.6. The van der Waals surface area contributed by atoms with Gasteiger partial charge in [0.1, 0.15) is 11.8 Å². The predicted octanol–water partition coefficient (Wildman–Crippen LogP) is 4.92. The van der Waals surface area contributed by atoms with E-state index in [1.54, 1.807) is 6.07 Å². The first kappa shape index (κ1) is 27.3. The summed E-state index contributed by atoms with van der Waals surface area (Å²) in [4.78, 5) is 46.7. The minimum absolute atomic E-state index is 0.141. The highest BCUT2D eigenvalue weighted by atomic mass is 16.4. The Bertz CT molecular complexity index is 1270. The van der Waals surface area contributed by atoms with Gasteiger partial charge in [-0.2, -0.15) is 0 Å². The van der Waals surface area contributed by atoms with E-state index in [2.05, 4.69) is 15.3 Å². The quantitative estimate of drug-likeness (QED) is 0.346. The number of hydrogen-bond acceptors (Lipinski definition) is 6. The third kappa shape index (κ3) is 6.49. The van der Waals surface area contributed by atoms with Gasteiger partial charge < -0.3 is 14.7 Å². The van der Waals surface area contributed by atoms with Gasteiger partial charge in [-0.15, -0.1) is 0 Å². The molecule has 1 aromatic carbocycles. The van der Waals surface area contributed by atoms with Crippen LogP contribution < -0.4 is 10.9 Å². The summed E-state index contributed by atoms with van der Waals surface area (Å²) in [6.45, 7) is 7.58. The second-order valence-corrected chi connectivity index (χ2v) is 10.1. The van der Waals surface area contributed by atoms with Crippen LogP contribution in [0.5, 0.6) is 0 Å². The molecule has 194 valence electrons. The van der Waals surface area contributed by atoms with E-state index in [4.69, 9.17) is 4.42 Å². The molecule has 2 heterocycles. The van der Waals surface area contributed by atoms with Gasteiger partial charge in [0.05, 0.1) is 17.3 Å². The molecule has 0 spiro atoms. The van der Waals surface area contributed by atoms with Gasteiger partial charge in [0, 0.05) is 18.4 Å². The molecule has 0 aliphatic heterocycles. The highest BCUT2D eigenvalue weighted by Gasteiger charge is 2.33. The van der Waals surface area contributed by atoms with Crippen molar-refractivity contribution in [2.24, 2.45) is 0 Å². The smallest absolute Gasteiger partial charge is 0.259 e. The van der Waals surface area contributed by atoms with E-state index < -0.39 is 11.6 Å². The average molecular weight is 495 g/mol. The number of H-pyrrole nitrogens is 1. The lowest BCUT2D eigenvalue weighted by atomic mass is 10.0. The maximum atomic E-state index is 13.1. The molecule has 0 aliphatic rings. The van der Waals surface area contributed by atoms with Crippen LogP contribution in [0.2, 0.25) is 0 Å². The van der Waals surface area contributed by atoms with Crippen LogP contribution in [0.1, 0.15) is 76.8 Å². The van der Waals surface area contributed by atoms with E-state index in [-0.39, 0.29) is 17.2 Å². The van der Waals surface area contributed by atoms with Gasteiger partial charge in [0.25, 0.3) is 5.56 Å². The lowest BCUT2D eigenvalue weighted by molar-refractivity contribution is -0.131. The van der Waals surface area contributed by atoms with Crippen molar-refractivity contribution >= 4 is 22.6 Å². The third-order valence-electron chi connectivity index (χ3n) is 6.91. The summed E-state index contributed by atoms with van der Waals surface area (Å²) in [5.41, 5.74) is 1.25. The summed E-state index contributed by atoms with van der Waals surface area (Å²) >= 11 is 0. The number of Topliss-reactive ketones (excluding diaryl/α,β-unsaturated/α-hetero) is 1. The molecule has 0 unspecified atom stereocenters. The van der Waals surface area contributed by atoms with Crippen molar-refractivity contribution < 1.29 is 14.0 Å². The van der Waals surface area contributed by atoms with Crippen molar-refractivity contribution in [3.8, 4) is 11.3 Å². The minimum Gasteiger partial charge on any atom is -0.438 e. The van der Waals surface area contributed by atoms with Gasteiger partial charge in [0.2, 0.25) is 11.8 Å². The molecule has 0 aliphatic carbocycles. The van der Waals surface area contributed by atoms with Crippen LogP contribution in [0, 0.1) is 6.92 Å². The number of hydrogen-bond donors (Lipinski definition) is 2. The van der Waals surface area contributed by atoms with Gasteiger partial charge >= 0.3 is 0 Å². The lowest BCUT2D eigenvalue weighted by Gasteiger charge is -2.32. The molecular formula is C28H38N4O4. The number of pyridine rings is 1. The zero-order valence-electron chi connectivity index (χ0n) is 22.2. The number of carbonyl (C=O) groups excluding carboxylic acids is 2. The van der Waals surface area contributed by atoms with E-state index in [1.807, 2.05) is 64.9 Å². The fraction of sp³-hybridized carbons (Fsp3) is 0.500. The normalized spacial score (nSPS) is 12.8. The lowest BCUT2D eigenvalue weighted by Crippen LogP contribution is -2.52. The SMILES string of the molecule is CCC(=O)CCCCC[C@H](NC(=O)C(C)(C)N(C)C)c1ncc(-c2cc3cc(C)ccc3[nH]c2=O)o1. The standard InChI is InChI=1S/C28H38N4O4/c1-7-20(33)11-9-8-10-12-23(31-27(35)28(3,4)32(5)6)26-29-17-24(36-26)21-16-19-15-18(2)13-14-22(19)30-25(21)34/h13-17,23H,7-12H2,1-6H3,(H,30,34)(H,31,35)/t23-/m0/s1. The molecule has 8 heteroatoms. The first-order chi connectivity index (χ1) is 17.0. The van der Waals surface area contributed by atoms with Crippen LogP contribution in [0.3, 0.4) is 0 Å². The molecule has 0 radical (unpaired) electrons. The molecular weight excluding hydrogens is 456 g/mol. The van der Waals surface area contributed by atoms with Gasteiger partial charge in [-0.3, -0.25) is 19.3 Å². The number of benzene rings is 1. The number of likely N-dealkylation sites (N-methyl/N-ethyl adjacent to an activating group) is 1. The summed E-state index contributed by atoms with van der Waals surface area (Å²) in [5, 5.41) is 4.00. The zero-order valence-corrected chi connectivity index (χ0v) is 22.2. The number of oxazole rings is 1. The van der Waals surface area contributed by atoms with Crippen LogP contribution in [-0.2, 0) is 9.59 Å². The highest BCUT2D eigenvalue weighted by Crippen LogP contribution is 2.27. The van der Waals surface area contributed by atoms with Crippen LogP contribution in [0.15, 0.2) is 39.7 Å². The van der Waals surface area contributed by atoms with Crippen molar-refractivity contribution in [3.05, 3.63) is 52.3 Å². The fourth-order valence-electron chi connectivity index (χ4n) is 3.90. The van der Waals surface area contributed by atoms with Crippen molar-refractivity contribution in [2.75, 3.05) is 14.1 Å². The van der Waals surface area contributed by atoms with Gasteiger partial charge in [0.15, 0.2) is 5.76 Å². The molecule has 0 saturated heterocycles. The minimum atomic E-state index is -0.728. The Morgan fingerprint density at radius 2 is 1.92 bits per heavy atom. The van der Waals surface area contributed by atoms with Crippen molar-refractivity contribution in [2.45, 2.75) is 77.8 Å². The van der Waals surface area contributed by atoms with Crippen molar-refractivity contribution in [1.82, 2.24) is 20.2 Å². The van der Waals surface area contributed by atoms with Gasteiger partial charge in [-0.25, -0.2) is 4.98 Å². The monoisotopic (exact) mass is 494 g/mol. The Labute approximate surface area is 212 Å². The number of nitrogens with zero attached hydrogens (tertiary/aromatic N) is 2. The molecule has 0 bridgehead atoms. The number of unbranched alkanes of at least 4 members (excludes halogenated alkanes) is 2. The maximum Gasteiger partial charge on any atom is 0.259 e. The first-order valence-electron chi connectivity index (χ1n) is 12.6. The van der Waals surface area contributed by atoms with E-state index in [0.29, 0.717) is 36.5 Å².